The molecule has 4 heteroatoms. The number of benzene rings is 2. The van der Waals surface area contributed by atoms with Gasteiger partial charge in [0, 0.05) is 5.02 Å². The molecule has 0 heterocycles. The summed E-state index contributed by atoms with van der Waals surface area (Å²) in [5.41, 5.74) is 1.17. The molecule has 0 bridgehead atoms. The Morgan fingerprint density at radius 2 is 1.79 bits per heavy atom. The van der Waals surface area contributed by atoms with Crippen molar-refractivity contribution in [1.29, 1.82) is 0 Å². The first kappa shape index (κ1) is 14.6. The van der Waals surface area contributed by atoms with Gasteiger partial charge in [-0.1, -0.05) is 41.9 Å². The van der Waals surface area contributed by atoms with E-state index in [9.17, 15) is 0 Å². The first-order valence-corrected chi connectivity index (χ1v) is 7.41. The quantitative estimate of drug-likeness (QED) is 0.534. The highest BCUT2D eigenvalue weighted by Crippen LogP contribution is 2.24. The van der Waals surface area contributed by atoms with Gasteiger partial charge in [0.2, 0.25) is 0 Å². The Bertz CT molecular complexity index is 517. The van der Waals surface area contributed by atoms with Crippen LogP contribution in [0, 0.1) is 3.57 Å². The molecule has 0 aliphatic heterocycles. The standard InChI is InChI=1S/C15H14ClIO2/c16-13-6-7-15(14(17)10-13)19-9-8-18-11-12-4-2-1-3-5-12/h1-7,10H,8-9,11H2. The van der Waals surface area contributed by atoms with Crippen molar-refractivity contribution in [3.63, 3.8) is 0 Å². The van der Waals surface area contributed by atoms with E-state index in [1.165, 1.54) is 5.56 Å². The smallest absolute Gasteiger partial charge is 0.132 e. The molecule has 0 saturated carbocycles. The fourth-order valence-electron chi connectivity index (χ4n) is 1.57. The van der Waals surface area contributed by atoms with Crippen LogP contribution in [0.25, 0.3) is 0 Å². The van der Waals surface area contributed by atoms with E-state index in [-0.39, 0.29) is 0 Å². The van der Waals surface area contributed by atoms with E-state index in [0.717, 1.165) is 14.3 Å². The Morgan fingerprint density at radius 3 is 2.53 bits per heavy atom. The van der Waals surface area contributed by atoms with Gasteiger partial charge in [-0.15, -0.1) is 0 Å². The summed E-state index contributed by atoms with van der Waals surface area (Å²) in [4.78, 5) is 0. The van der Waals surface area contributed by atoms with E-state index in [1.807, 2.05) is 48.5 Å². The molecule has 0 radical (unpaired) electrons. The molecule has 0 fully saturated rings. The van der Waals surface area contributed by atoms with Gasteiger partial charge < -0.3 is 9.47 Å². The molecule has 0 spiro atoms. The van der Waals surface area contributed by atoms with Crippen molar-refractivity contribution >= 4 is 34.2 Å². The maximum Gasteiger partial charge on any atom is 0.132 e. The lowest BCUT2D eigenvalue weighted by Gasteiger charge is -2.09. The molecule has 0 saturated heterocycles. The summed E-state index contributed by atoms with van der Waals surface area (Å²) in [7, 11) is 0. The average Bonchev–Trinajstić information content (AvgIpc) is 2.42. The molecule has 0 aromatic heterocycles. The number of halogens is 2. The van der Waals surface area contributed by atoms with E-state index in [1.54, 1.807) is 0 Å². The van der Waals surface area contributed by atoms with E-state index in [4.69, 9.17) is 21.1 Å². The van der Waals surface area contributed by atoms with Gasteiger partial charge in [0.15, 0.2) is 0 Å². The van der Waals surface area contributed by atoms with Crippen LogP contribution in [0.1, 0.15) is 5.56 Å². The van der Waals surface area contributed by atoms with Gasteiger partial charge >= 0.3 is 0 Å². The van der Waals surface area contributed by atoms with E-state index in [0.29, 0.717) is 19.8 Å². The molecular formula is C15H14ClIO2. The van der Waals surface area contributed by atoms with E-state index >= 15 is 0 Å². The monoisotopic (exact) mass is 388 g/mol. The van der Waals surface area contributed by atoms with Crippen molar-refractivity contribution in [2.75, 3.05) is 13.2 Å². The predicted octanol–water partition coefficient (Wildman–Crippen LogP) is 4.54. The number of hydrogen-bond donors (Lipinski definition) is 0. The number of hydrogen-bond acceptors (Lipinski definition) is 2. The van der Waals surface area contributed by atoms with Crippen LogP contribution in [0.5, 0.6) is 5.75 Å². The van der Waals surface area contributed by atoms with Crippen LogP contribution in [-0.4, -0.2) is 13.2 Å². The van der Waals surface area contributed by atoms with Crippen LogP contribution >= 0.6 is 34.2 Å². The molecule has 100 valence electrons. The van der Waals surface area contributed by atoms with Gasteiger partial charge in [-0.2, -0.15) is 0 Å². The highest BCUT2D eigenvalue weighted by molar-refractivity contribution is 14.1. The molecule has 2 aromatic rings. The minimum atomic E-state index is 0.532. The second kappa shape index (κ2) is 7.72. The molecule has 2 nitrogen and oxygen atoms in total. The molecule has 0 unspecified atom stereocenters. The lowest BCUT2D eigenvalue weighted by molar-refractivity contribution is 0.0886. The normalized spacial score (nSPS) is 10.4. The Balaban J connectivity index is 1.69. The zero-order valence-electron chi connectivity index (χ0n) is 10.3. The second-order valence-corrected chi connectivity index (χ2v) is 5.56. The van der Waals surface area contributed by atoms with Crippen molar-refractivity contribution in [2.24, 2.45) is 0 Å². The Hall–Kier alpha value is -0.780. The fourth-order valence-corrected chi connectivity index (χ4v) is 2.59. The van der Waals surface area contributed by atoms with Crippen molar-refractivity contribution in [3.05, 3.63) is 62.7 Å². The largest absolute Gasteiger partial charge is 0.490 e. The predicted molar refractivity (Wildman–Crippen MR) is 85.8 cm³/mol. The minimum absolute atomic E-state index is 0.532. The van der Waals surface area contributed by atoms with Gasteiger partial charge in [-0.05, 0) is 46.4 Å². The van der Waals surface area contributed by atoms with Gasteiger partial charge in [0.25, 0.3) is 0 Å². The van der Waals surface area contributed by atoms with Crippen LogP contribution in [0.3, 0.4) is 0 Å². The van der Waals surface area contributed by atoms with Crippen LogP contribution < -0.4 is 4.74 Å². The van der Waals surface area contributed by atoms with Gasteiger partial charge in [0.1, 0.15) is 12.4 Å². The summed E-state index contributed by atoms with van der Waals surface area (Å²) in [6.07, 6.45) is 0. The van der Waals surface area contributed by atoms with Crippen molar-refractivity contribution in [1.82, 2.24) is 0 Å². The maximum atomic E-state index is 5.88. The SMILES string of the molecule is Clc1ccc(OCCOCc2ccccc2)c(I)c1. The first-order valence-electron chi connectivity index (χ1n) is 5.95. The molecule has 0 amide bonds. The Kier molecular flexibility index (Phi) is 5.94. The average molecular weight is 389 g/mol. The third-order valence-corrected chi connectivity index (χ3v) is 3.57. The topological polar surface area (TPSA) is 18.5 Å². The molecule has 0 aliphatic rings. The van der Waals surface area contributed by atoms with Gasteiger partial charge in [-0.25, -0.2) is 0 Å². The zero-order valence-corrected chi connectivity index (χ0v) is 13.2. The maximum absolute atomic E-state index is 5.88. The lowest BCUT2D eigenvalue weighted by Crippen LogP contribution is -2.07. The summed E-state index contributed by atoms with van der Waals surface area (Å²) >= 11 is 8.09. The van der Waals surface area contributed by atoms with Crippen LogP contribution in [0.4, 0.5) is 0 Å². The summed E-state index contributed by atoms with van der Waals surface area (Å²) < 4.78 is 12.2. The fraction of sp³-hybridized carbons (Fsp3) is 0.200. The van der Waals surface area contributed by atoms with Crippen LogP contribution in [0.2, 0.25) is 5.02 Å². The van der Waals surface area contributed by atoms with Crippen molar-refractivity contribution in [2.45, 2.75) is 6.61 Å². The molecule has 0 atom stereocenters. The van der Waals surface area contributed by atoms with Crippen molar-refractivity contribution < 1.29 is 9.47 Å². The molecule has 19 heavy (non-hydrogen) atoms. The summed E-state index contributed by atoms with van der Waals surface area (Å²) in [6.45, 7) is 1.71. The Morgan fingerprint density at radius 1 is 1.00 bits per heavy atom. The van der Waals surface area contributed by atoms with Crippen LogP contribution in [0.15, 0.2) is 48.5 Å². The van der Waals surface area contributed by atoms with E-state index < -0.39 is 0 Å². The molecule has 2 rings (SSSR count). The highest BCUT2D eigenvalue weighted by Gasteiger charge is 2.01. The third kappa shape index (κ3) is 5.01. The molecular weight excluding hydrogens is 375 g/mol. The van der Waals surface area contributed by atoms with Crippen LogP contribution in [-0.2, 0) is 11.3 Å². The zero-order chi connectivity index (χ0) is 13.5. The third-order valence-electron chi connectivity index (χ3n) is 2.49. The lowest BCUT2D eigenvalue weighted by atomic mass is 10.2. The number of ether oxygens (including phenoxy) is 2. The first-order chi connectivity index (χ1) is 9.25. The molecule has 2 aromatic carbocycles. The summed E-state index contributed by atoms with van der Waals surface area (Å²) in [6, 6.07) is 15.7. The second-order valence-electron chi connectivity index (χ2n) is 3.96. The van der Waals surface area contributed by atoms with Gasteiger partial charge in [0.05, 0.1) is 16.8 Å². The highest BCUT2D eigenvalue weighted by atomic mass is 127. The molecule has 0 aliphatic carbocycles. The Labute approximate surface area is 131 Å². The van der Waals surface area contributed by atoms with Gasteiger partial charge in [-0.3, -0.25) is 0 Å². The van der Waals surface area contributed by atoms with E-state index in [2.05, 4.69) is 22.6 Å². The molecule has 0 N–H and O–H groups in total. The number of rotatable bonds is 6. The minimum Gasteiger partial charge on any atom is -0.490 e. The van der Waals surface area contributed by atoms with Crippen molar-refractivity contribution in [3.8, 4) is 5.75 Å². The summed E-state index contributed by atoms with van der Waals surface area (Å²) in [5, 5.41) is 0.720. The summed E-state index contributed by atoms with van der Waals surface area (Å²) in [5.74, 6) is 0.841.